The van der Waals surface area contributed by atoms with Crippen LogP contribution in [0.2, 0.25) is 0 Å². The molecule has 1 aliphatic heterocycles. The summed E-state index contributed by atoms with van der Waals surface area (Å²) in [6.45, 7) is 7.93. The zero-order chi connectivity index (χ0) is 22.1. The summed E-state index contributed by atoms with van der Waals surface area (Å²) in [7, 11) is -3.68. The van der Waals surface area contributed by atoms with Crippen LogP contribution in [0.5, 0.6) is 0 Å². The highest BCUT2D eigenvalue weighted by atomic mass is 32.2. The summed E-state index contributed by atoms with van der Waals surface area (Å²) in [5.74, 6) is -0.276. The molecule has 2 aromatic rings. The minimum absolute atomic E-state index is 0.0564. The molecular formula is C23H28N2O4S. The van der Waals surface area contributed by atoms with E-state index in [2.05, 4.69) is 0 Å². The molecule has 0 radical (unpaired) electrons. The van der Waals surface area contributed by atoms with Crippen molar-refractivity contribution in [2.75, 3.05) is 22.9 Å². The minimum Gasteiger partial charge on any atom is -0.313 e. The van der Waals surface area contributed by atoms with Crippen molar-refractivity contribution in [1.29, 1.82) is 0 Å². The lowest BCUT2D eigenvalue weighted by Gasteiger charge is -2.23. The smallest absolute Gasteiger partial charge is 0.228 e. The van der Waals surface area contributed by atoms with Crippen molar-refractivity contribution >= 4 is 33.0 Å². The first-order chi connectivity index (χ1) is 14.1. The van der Waals surface area contributed by atoms with Crippen LogP contribution in [0.1, 0.15) is 38.3 Å². The third-order valence-corrected chi connectivity index (χ3v) is 7.71. The Morgan fingerprint density at radius 1 is 1.17 bits per heavy atom. The molecule has 0 aromatic heterocycles. The van der Waals surface area contributed by atoms with Crippen LogP contribution in [0.4, 0.5) is 11.4 Å². The quantitative estimate of drug-likeness (QED) is 0.706. The molecule has 0 spiro atoms. The number of carbonyl (C=O) groups excluding carboxylic acids is 2. The van der Waals surface area contributed by atoms with Gasteiger partial charge in [-0.2, -0.15) is 0 Å². The molecule has 2 aromatic carbocycles. The average molecular weight is 429 g/mol. The summed E-state index contributed by atoms with van der Waals surface area (Å²) in [6.07, 6.45) is 0.531. The number of hydrogen-bond donors (Lipinski definition) is 0. The highest BCUT2D eigenvalue weighted by Gasteiger charge is 2.30. The van der Waals surface area contributed by atoms with Crippen molar-refractivity contribution in [1.82, 2.24) is 0 Å². The van der Waals surface area contributed by atoms with Gasteiger partial charge in [-0.05, 0) is 68.7 Å². The molecule has 0 saturated carbocycles. The Balaban J connectivity index is 1.80. The Hall–Kier alpha value is -2.67. The van der Waals surface area contributed by atoms with Gasteiger partial charge in [0.1, 0.15) is 0 Å². The van der Waals surface area contributed by atoms with E-state index in [4.69, 9.17) is 0 Å². The number of nitrogens with zero attached hydrogens (tertiary/aromatic N) is 2. The number of hydrogen-bond acceptors (Lipinski definition) is 4. The first kappa shape index (κ1) is 22.0. The molecule has 1 aliphatic rings. The van der Waals surface area contributed by atoms with Crippen molar-refractivity contribution < 1.29 is 18.0 Å². The third kappa shape index (κ3) is 4.26. The molecule has 0 aliphatic carbocycles. The summed E-state index contributed by atoms with van der Waals surface area (Å²) in [5, 5.41) is -0.854. The Kier molecular flexibility index (Phi) is 6.31. The van der Waals surface area contributed by atoms with E-state index in [-0.39, 0.29) is 23.1 Å². The number of benzene rings is 2. The van der Waals surface area contributed by atoms with Crippen LogP contribution in [-0.2, 0) is 25.8 Å². The van der Waals surface area contributed by atoms with Gasteiger partial charge in [0, 0.05) is 37.8 Å². The molecule has 1 heterocycles. The molecule has 0 N–H and O–H groups in total. The lowest BCUT2D eigenvalue weighted by Crippen LogP contribution is -2.34. The fraction of sp³-hybridized carbons (Fsp3) is 0.391. The van der Waals surface area contributed by atoms with Crippen LogP contribution in [0.25, 0.3) is 0 Å². The molecule has 6 nitrogen and oxygen atoms in total. The number of sulfone groups is 1. The van der Waals surface area contributed by atoms with E-state index in [9.17, 15) is 18.0 Å². The normalized spacial score (nSPS) is 14.3. The third-order valence-electron chi connectivity index (χ3n) is 5.58. The zero-order valence-corrected chi connectivity index (χ0v) is 18.7. The van der Waals surface area contributed by atoms with Crippen LogP contribution in [0, 0.1) is 6.92 Å². The first-order valence-corrected chi connectivity index (χ1v) is 11.7. The van der Waals surface area contributed by atoms with Gasteiger partial charge in [-0.3, -0.25) is 9.59 Å². The summed E-state index contributed by atoms with van der Waals surface area (Å²) < 4.78 is 26.3. The maximum Gasteiger partial charge on any atom is 0.228 e. The van der Waals surface area contributed by atoms with Crippen molar-refractivity contribution in [2.24, 2.45) is 0 Å². The predicted molar refractivity (Wildman–Crippen MR) is 119 cm³/mol. The van der Waals surface area contributed by atoms with E-state index >= 15 is 0 Å². The molecule has 0 saturated heterocycles. The minimum atomic E-state index is -3.68. The highest BCUT2D eigenvalue weighted by molar-refractivity contribution is 7.92. The molecule has 0 bridgehead atoms. The standard InChI is InChI=1S/C23H28N2O4S/c1-5-24(20-8-6-7-16(2)13-20)23(27)14-17(3)30(28,29)21-9-10-22-19(15-21)11-12-25(22)18(4)26/h6-10,13,15,17H,5,11-12,14H2,1-4H3/t17-/m0/s1. The molecule has 2 amide bonds. The second-order valence-corrected chi connectivity index (χ2v) is 10.1. The van der Waals surface area contributed by atoms with Crippen molar-refractivity contribution in [3.63, 3.8) is 0 Å². The van der Waals surface area contributed by atoms with Gasteiger partial charge in [0.05, 0.1) is 10.1 Å². The van der Waals surface area contributed by atoms with Crippen molar-refractivity contribution in [3.8, 4) is 0 Å². The lowest BCUT2D eigenvalue weighted by atomic mass is 10.2. The molecule has 0 fully saturated rings. The Bertz CT molecular complexity index is 1080. The summed E-state index contributed by atoms with van der Waals surface area (Å²) in [5.41, 5.74) is 3.42. The van der Waals surface area contributed by atoms with Gasteiger partial charge in [-0.25, -0.2) is 8.42 Å². The van der Waals surface area contributed by atoms with Crippen LogP contribution in [-0.4, -0.2) is 38.6 Å². The summed E-state index contributed by atoms with van der Waals surface area (Å²) >= 11 is 0. The molecular weight excluding hydrogens is 400 g/mol. The largest absolute Gasteiger partial charge is 0.313 e. The molecule has 3 rings (SSSR count). The van der Waals surface area contributed by atoms with Gasteiger partial charge in [0.25, 0.3) is 0 Å². The Morgan fingerprint density at radius 3 is 2.53 bits per heavy atom. The fourth-order valence-electron chi connectivity index (χ4n) is 3.88. The van der Waals surface area contributed by atoms with Crippen LogP contribution in [0.15, 0.2) is 47.4 Å². The maximum absolute atomic E-state index is 13.1. The average Bonchev–Trinajstić information content (AvgIpc) is 3.12. The van der Waals surface area contributed by atoms with Crippen LogP contribution in [0.3, 0.4) is 0 Å². The first-order valence-electron chi connectivity index (χ1n) is 10.2. The molecule has 1 atom stereocenters. The Labute approximate surface area is 178 Å². The van der Waals surface area contributed by atoms with Crippen LogP contribution < -0.4 is 9.80 Å². The summed E-state index contributed by atoms with van der Waals surface area (Å²) in [6, 6.07) is 12.5. The van der Waals surface area contributed by atoms with E-state index in [1.807, 2.05) is 38.1 Å². The van der Waals surface area contributed by atoms with Crippen molar-refractivity contribution in [2.45, 2.75) is 50.7 Å². The molecule has 160 valence electrons. The summed E-state index contributed by atoms with van der Waals surface area (Å²) in [4.78, 5) is 28.1. The van der Waals surface area contributed by atoms with Gasteiger partial charge in [-0.15, -0.1) is 0 Å². The van der Waals surface area contributed by atoms with Gasteiger partial charge < -0.3 is 9.80 Å². The topological polar surface area (TPSA) is 74.8 Å². The molecule has 0 unspecified atom stereocenters. The number of rotatable bonds is 6. The number of anilines is 2. The lowest BCUT2D eigenvalue weighted by molar-refractivity contribution is -0.118. The van der Waals surface area contributed by atoms with Gasteiger partial charge in [0.15, 0.2) is 9.84 Å². The SMILES string of the molecule is CCN(C(=O)C[C@H](C)S(=O)(=O)c1ccc2c(c1)CCN2C(C)=O)c1cccc(C)c1. The van der Waals surface area contributed by atoms with Crippen LogP contribution >= 0.6 is 0 Å². The Morgan fingerprint density at radius 2 is 1.90 bits per heavy atom. The van der Waals surface area contributed by atoms with Gasteiger partial charge >= 0.3 is 0 Å². The highest BCUT2D eigenvalue weighted by Crippen LogP contribution is 2.32. The van der Waals surface area contributed by atoms with E-state index in [1.165, 1.54) is 13.0 Å². The maximum atomic E-state index is 13.1. The number of fused-ring (bicyclic) bond motifs is 1. The van der Waals surface area contributed by atoms with Crippen molar-refractivity contribution in [3.05, 3.63) is 53.6 Å². The van der Waals surface area contributed by atoms with Gasteiger partial charge in [0.2, 0.25) is 11.8 Å². The number of amides is 2. The monoisotopic (exact) mass is 428 g/mol. The van der Waals surface area contributed by atoms with E-state index < -0.39 is 15.1 Å². The van der Waals surface area contributed by atoms with E-state index in [0.29, 0.717) is 19.5 Å². The number of aryl methyl sites for hydroxylation is 1. The second kappa shape index (κ2) is 8.60. The van der Waals surface area contributed by atoms with E-state index in [0.717, 1.165) is 22.5 Å². The number of carbonyl (C=O) groups is 2. The van der Waals surface area contributed by atoms with Gasteiger partial charge in [-0.1, -0.05) is 12.1 Å². The molecule has 30 heavy (non-hydrogen) atoms. The predicted octanol–water partition coefficient (Wildman–Crippen LogP) is 3.51. The molecule has 7 heteroatoms. The van der Waals surface area contributed by atoms with E-state index in [1.54, 1.807) is 28.9 Å². The fourth-order valence-corrected chi connectivity index (χ4v) is 5.27. The zero-order valence-electron chi connectivity index (χ0n) is 17.9. The second-order valence-electron chi connectivity index (χ2n) is 7.75.